The fourth-order valence-electron chi connectivity index (χ4n) is 1.45. The Balaban J connectivity index is 2.05. The molecule has 2 rings (SSSR count). The van der Waals surface area contributed by atoms with Gasteiger partial charge in [0.25, 0.3) is 5.75 Å². The second-order valence-electron chi connectivity index (χ2n) is 3.40. The van der Waals surface area contributed by atoms with E-state index in [1.54, 1.807) is 0 Å². The van der Waals surface area contributed by atoms with Gasteiger partial charge in [0.15, 0.2) is 0 Å². The van der Waals surface area contributed by atoms with Crippen molar-refractivity contribution in [2.24, 2.45) is 0 Å². The number of benzene rings is 2. The van der Waals surface area contributed by atoms with Crippen molar-refractivity contribution in [3.05, 3.63) is 67.3 Å². The van der Waals surface area contributed by atoms with Crippen LogP contribution in [-0.2, 0) is 6.61 Å². The summed E-state index contributed by atoms with van der Waals surface area (Å²) in [5.41, 5.74) is 1.14. The summed E-state index contributed by atoms with van der Waals surface area (Å²) in [5.74, 6) is 1.54. The molecule has 0 saturated heterocycles. The molecule has 2 aromatic carbocycles. The van der Waals surface area contributed by atoms with Crippen molar-refractivity contribution in [1.82, 2.24) is 0 Å². The molecule has 0 bridgehead atoms. The van der Waals surface area contributed by atoms with Crippen LogP contribution < -0.4 is 4.74 Å². The van der Waals surface area contributed by atoms with E-state index in [1.165, 1.54) is 0 Å². The van der Waals surface area contributed by atoms with Gasteiger partial charge in [-0.15, -0.1) is 0 Å². The molecule has 0 aliphatic rings. The molecule has 0 heterocycles. The molecule has 82 valence electrons. The number of aliphatic hydroxyl groups is 1. The number of hydrogen-bond donors (Lipinski definition) is 0. The largest absolute Gasteiger partial charge is 0.719 e. The van der Waals surface area contributed by atoms with Crippen LogP contribution in [0.2, 0.25) is 0 Å². The smallest absolute Gasteiger partial charge is 0.268 e. The first kappa shape index (κ1) is 10.6. The number of aromatic hydroxyl groups is 1. The Hall–Kier alpha value is -1.96. The highest BCUT2D eigenvalue weighted by atomic mass is 16.5. The zero-order chi connectivity index (χ0) is 11.2. The van der Waals surface area contributed by atoms with Gasteiger partial charge in [0.05, 0.1) is 0 Å². The number of ether oxygens (including phenoxy) is 2. The molecular formula is C14H14O2. The van der Waals surface area contributed by atoms with Crippen LogP contribution in [0.15, 0.2) is 54.6 Å². The first-order chi connectivity index (χ1) is 7.90. The van der Waals surface area contributed by atoms with Crippen LogP contribution in [0.5, 0.6) is 11.5 Å². The van der Waals surface area contributed by atoms with Gasteiger partial charge in [-0.2, -0.15) is 0 Å². The van der Waals surface area contributed by atoms with E-state index in [1.807, 2.05) is 54.6 Å². The van der Waals surface area contributed by atoms with Gasteiger partial charge in [-0.05, 0) is 18.7 Å². The van der Waals surface area contributed by atoms with Crippen LogP contribution in [-0.4, -0.2) is 4.74 Å². The molecule has 2 aromatic rings. The fraction of sp³-hybridized carbons (Fsp3) is 0.0714. The lowest BCUT2D eigenvalue weighted by Gasteiger charge is -2.10. The average molecular weight is 214 g/mol. The van der Waals surface area contributed by atoms with Crippen molar-refractivity contribution in [2.45, 2.75) is 6.61 Å². The Labute approximate surface area is 95.4 Å². The molecule has 2 nitrogen and oxygen atoms in total. The van der Waals surface area contributed by atoms with E-state index in [-0.39, 0.29) is 0 Å². The molecule has 0 fully saturated rings. The van der Waals surface area contributed by atoms with Crippen molar-refractivity contribution >= 4 is 0 Å². The number of rotatable bonds is 4. The van der Waals surface area contributed by atoms with Gasteiger partial charge < -0.3 is 9.47 Å². The Morgan fingerprint density at radius 3 is 2.38 bits per heavy atom. The molecule has 0 atom stereocenters. The van der Waals surface area contributed by atoms with Crippen molar-refractivity contribution in [3.8, 4) is 11.5 Å². The van der Waals surface area contributed by atoms with Gasteiger partial charge in [0.2, 0.25) is 5.75 Å². The molecule has 0 saturated carbocycles. The van der Waals surface area contributed by atoms with Crippen LogP contribution in [0.1, 0.15) is 5.56 Å². The Morgan fingerprint density at radius 1 is 0.938 bits per heavy atom. The second-order valence-corrected chi connectivity index (χ2v) is 3.40. The summed E-state index contributed by atoms with van der Waals surface area (Å²) in [5, 5.41) is 0. The molecule has 2 heteroatoms. The normalized spacial score (nSPS) is 9.81. The first-order valence-corrected chi connectivity index (χ1v) is 5.12. The van der Waals surface area contributed by atoms with E-state index < -0.39 is 0 Å². The summed E-state index contributed by atoms with van der Waals surface area (Å²) in [6.45, 7) is 0.549. The molecule has 0 radical (unpaired) electrons. The van der Waals surface area contributed by atoms with E-state index in [2.05, 4.69) is 11.8 Å². The SMILES string of the molecule is [CH2-][OH+]c1ccccc1OCc1ccccc1. The van der Waals surface area contributed by atoms with Gasteiger partial charge in [0.1, 0.15) is 6.61 Å². The zero-order valence-electron chi connectivity index (χ0n) is 8.97. The molecular weight excluding hydrogens is 200 g/mol. The van der Waals surface area contributed by atoms with Gasteiger partial charge in [0, 0.05) is 6.07 Å². The van der Waals surface area contributed by atoms with E-state index >= 15 is 0 Å². The van der Waals surface area contributed by atoms with Crippen molar-refractivity contribution in [3.63, 3.8) is 0 Å². The van der Waals surface area contributed by atoms with Crippen molar-refractivity contribution < 1.29 is 9.47 Å². The van der Waals surface area contributed by atoms with Crippen molar-refractivity contribution in [1.29, 1.82) is 0 Å². The van der Waals surface area contributed by atoms with E-state index in [9.17, 15) is 0 Å². The average Bonchev–Trinajstić information content (AvgIpc) is 2.38. The summed E-state index contributed by atoms with van der Waals surface area (Å²) in [6, 6.07) is 17.7. The van der Waals surface area contributed by atoms with Crippen LogP contribution in [0.25, 0.3) is 0 Å². The molecule has 0 aliphatic heterocycles. The van der Waals surface area contributed by atoms with Crippen LogP contribution in [0, 0.1) is 7.11 Å². The maximum Gasteiger partial charge on any atom is 0.268 e. The summed E-state index contributed by atoms with van der Waals surface area (Å²) >= 11 is 0. The fourth-order valence-corrected chi connectivity index (χ4v) is 1.45. The van der Waals surface area contributed by atoms with E-state index in [0.717, 1.165) is 17.1 Å². The molecule has 16 heavy (non-hydrogen) atoms. The minimum Gasteiger partial charge on any atom is -0.719 e. The van der Waals surface area contributed by atoms with E-state index in [0.29, 0.717) is 6.61 Å². The zero-order valence-corrected chi connectivity index (χ0v) is 8.97. The third kappa shape index (κ3) is 2.54. The quantitative estimate of drug-likeness (QED) is 0.565. The minimum atomic E-state index is 0.549. The lowest BCUT2D eigenvalue weighted by Crippen LogP contribution is -1.95. The molecule has 0 amide bonds. The van der Waals surface area contributed by atoms with Crippen LogP contribution in [0.4, 0.5) is 0 Å². The number of para-hydroxylation sites is 2. The minimum absolute atomic E-state index is 0.549. The van der Waals surface area contributed by atoms with Crippen LogP contribution >= 0.6 is 0 Å². The second kappa shape index (κ2) is 5.21. The Bertz CT molecular complexity index is 437. The lowest BCUT2D eigenvalue weighted by atomic mass is 10.2. The molecule has 0 spiro atoms. The number of hydrogen-bond acceptors (Lipinski definition) is 1. The predicted molar refractivity (Wildman–Crippen MR) is 64.2 cm³/mol. The summed E-state index contributed by atoms with van der Waals surface area (Å²) < 4.78 is 9.59. The third-order valence-corrected chi connectivity index (χ3v) is 2.27. The highest BCUT2D eigenvalue weighted by molar-refractivity contribution is 5.38. The molecule has 1 N–H and O–H groups in total. The van der Waals surface area contributed by atoms with Crippen LogP contribution in [0.3, 0.4) is 0 Å². The first-order valence-electron chi connectivity index (χ1n) is 5.12. The summed E-state index contributed by atoms with van der Waals surface area (Å²) in [4.78, 5) is 0. The summed E-state index contributed by atoms with van der Waals surface area (Å²) in [7, 11) is 3.52. The third-order valence-electron chi connectivity index (χ3n) is 2.27. The topological polar surface area (TPSA) is 22.0 Å². The monoisotopic (exact) mass is 214 g/mol. The Morgan fingerprint density at radius 2 is 1.62 bits per heavy atom. The van der Waals surface area contributed by atoms with Gasteiger partial charge >= 0.3 is 0 Å². The molecule has 0 unspecified atom stereocenters. The highest BCUT2D eigenvalue weighted by Gasteiger charge is 2.04. The maximum absolute atomic E-state index is 5.68. The molecule has 0 aliphatic carbocycles. The Kier molecular flexibility index (Phi) is 3.44. The predicted octanol–water partition coefficient (Wildman–Crippen LogP) is 3.30. The maximum atomic E-state index is 5.68. The summed E-state index contributed by atoms with van der Waals surface area (Å²) in [6.07, 6.45) is 0. The van der Waals surface area contributed by atoms with Crippen molar-refractivity contribution in [2.75, 3.05) is 0 Å². The lowest BCUT2D eigenvalue weighted by molar-refractivity contribution is 0.167. The van der Waals surface area contributed by atoms with Gasteiger partial charge in [-0.1, -0.05) is 42.5 Å². The standard InChI is InChI=1S/C14H14O2/c1-15-13-9-5-6-10-14(13)16-11-12-7-3-2-4-8-12/h2-10,15H,1,11H2. The van der Waals surface area contributed by atoms with E-state index in [4.69, 9.17) is 4.74 Å². The molecule has 0 aromatic heterocycles. The van der Waals surface area contributed by atoms with Gasteiger partial charge in [-0.25, -0.2) is 0 Å². The van der Waals surface area contributed by atoms with Gasteiger partial charge in [-0.3, -0.25) is 0 Å². The highest BCUT2D eigenvalue weighted by Crippen LogP contribution is 2.27.